The Balaban J connectivity index is 3.07. The molecule has 1 rings (SSSR count). The maximum atomic E-state index is 8.66. The van der Waals surface area contributed by atoms with Crippen molar-refractivity contribution in [3.05, 3.63) is 15.9 Å². The minimum atomic E-state index is -0.0318. The number of aryl methyl sites for hydroxylation is 1. The van der Waals surface area contributed by atoms with E-state index in [0.717, 1.165) is 5.56 Å². The smallest absolute Gasteiger partial charge is 0.154 e. The monoisotopic (exact) mass is 191 g/mol. The molecule has 0 aliphatic carbocycles. The van der Waals surface area contributed by atoms with Gasteiger partial charge in [-0.1, -0.05) is 5.16 Å². The number of aliphatic hydroxyl groups is 1. The van der Waals surface area contributed by atoms with Gasteiger partial charge in [0.05, 0.1) is 12.2 Å². The zero-order chi connectivity index (χ0) is 6.85. The second-order valence-electron chi connectivity index (χ2n) is 1.67. The Morgan fingerprint density at radius 2 is 2.44 bits per heavy atom. The molecule has 9 heavy (non-hydrogen) atoms. The average Bonchev–Trinajstić information content (AvgIpc) is 2.12. The van der Waals surface area contributed by atoms with Crippen molar-refractivity contribution in [2.75, 3.05) is 0 Å². The second-order valence-corrected chi connectivity index (χ2v) is 2.42. The predicted octanol–water partition coefficient (Wildman–Crippen LogP) is 1.24. The average molecular weight is 192 g/mol. The molecule has 0 bridgehead atoms. The van der Waals surface area contributed by atoms with Gasteiger partial charge in [0.2, 0.25) is 0 Å². The first-order valence-corrected chi connectivity index (χ1v) is 3.26. The summed E-state index contributed by atoms with van der Waals surface area (Å²) in [6, 6.07) is 0. The summed E-state index contributed by atoms with van der Waals surface area (Å²) in [4.78, 5) is 0. The van der Waals surface area contributed by atoms with E-state index < -0.39 is 0 Å². The highest BCUT2D eigenvalue weighted by Gasteiger charge is 2.06. The highest BCUT2D eigenvalue weighted by molar-refractivity contribution is 9.10. The Hall–Kier alpha value is -0.350. The third kappa shape index (κ3) is 1.14. The van der Waals surface area contributed by atoms with Gasteiger partial charge in [-0.3, -0.25) is 0 Å². The molecule has 0 saturated heterocycles. The number of rotatable bonds is 1. The van der Waals surface area contributed by atoms with Crippen molar-refractivity contribution in [2.45, 2.75) is 13.5 Å². The highest BCUT2D eigenvalue weighted by Crippen LogP contribution is 2.17. The van der Waals surface area contributed by atoms with E-state index in [9.17, 15) is 0 Å². The van der Waals surface area contributed by atoms with Crippen molar-refractivity contribution >= 4 is 15.9 Å². The maximum Gasteiger partial charge on any atom is 0.154 e. The van der Waals surface area contributed by atoms with E-state index in [4.69, 9.17) is 9.63 Å². The summed E-state index contributed by atoms with van der Waals surface area (Å²) in [5, 5.41) is 12.2. The number of aromatic nitrogens is 1. The van der Waals surface area contributed by atoms with E-state index in [0.29, 0.717) is 10.4 Å². The van der Waals surface area contributed by atoms with Gasteiger partial charge in [-0.15, -0.1) is 0 Å². The van der Waals surface area contributed by atoms with Gasteiger partial charge >= 0.3 is 0 Å². The molecule has 1 N–H and O–H groups in total. The molecular formula is C5H6BrNO2. The van der Waals surface area contributed by atoms with Crippen molar-refractivity contribution < 1.29 is 9.63 Å². The molecule has 0 aliphatic rings. The van der Waals surface area contributed by atoms with Crippen molar-refractivity contribution in [3.8, 4) is 0 Å². The lowest BCUT2D eigenvalue weighted by Crippen LogP contribution is -1.82. The molecule has 0 aromatic carbocycles. The molecule has 1 aromatic heterocycles. The number of halogens is 1. The minimum Gasteiger partial charge on any atom is -0.391 e. The Bertz CT molecular complexity index is 189. The lowest BCUT2D eigenvalue weighted by molar-refractivity contribution is 0.278. The van der Waals surface area contributed by atoms with Crippen LogP contribution in [0.1, 0.15) is 11.3 Å². The molecule has 0 radical (unpaired) electrons. The van der Waals surface area contributed by atoms with Crippen LogP contribution in [0.5, 0.6) is 0 Å². The molecule has 3 nitrogen and oxygen atoms in total. The topological polar surface area (TPSA) is 46.3 Å². The van der Waals surface area contributed by atoms with Gasteiger partial charge in [0, 0.05) is 0 Å². The van der Waals surface area contributed by atoms with Gasteiger partial charge in [0.15, 0.2) is 4.60 Å². The normalized spacial score (nSPS) is 10.1. The Kier molecular flexibility index (Phi) is 1.87. The molecule has 0 amide bonds. The van der Waals surface area contributed by atoms with E-state index in [1.807, 2.05) is 0 Å². The summed E-state index contributed by atoms with van der Waals surface area (Å²) in [5.41, 5.74) is 0.718. The minimum absolute atomic E-state index is 0.0318. The summed E-state index contributed by atoms with van der Waals surface area (Å²) >= 11 is 3.11. The standard InChI is InChI=1S/C5H6BrNO2/c1-3-4(2-8)5(6)7-9-3/h8H,2H2,1H3. The largest absolute Gasteiger partial charge is 0.391 e. The molecule has 4 heteroatoms. The van der Waals surface area contributed by atoms with E-state index in [1.165, 1.54) is 0 Å². The van der Waals surface area contributed by atoms with Crippen LogP contribution in [0.15, 0.2) is 9.13 Å². The van der Waals surface area contributed by atoms with Gasteiger partial charge in [0.25, 0.3) is 0 Å². The van der Waals surface area contributed by atoms with Gasteiger partial charge in [-0.25, -0.2) is 0 Å². The molecule has 0 spiro atoms. The van der Waals surface area contributed by atoms with Crippen molar-refractivity contribution in [2.24, 2.45) is 0 Å². The van der Waals surface area contributed by atoms with Crippen LogP contribution in [0.25, 0.3) is 0 Å². The van der Waals surface area contributed by atoms with Gasteiger partial charge in [-0.05, 0) is 22.9 Å². The molecule has 0 aliphatic heterocycles. The first-order chi connectivity index (χ1) is 4.25. The second kappa shape index (κ2) is 2.49. The van der Waals surface area contributed by atoms with Crippen LogP contribution in [0.2, 0.25) is 0 Å². The first kappa shape index (κ1) is 6.77. The SMILES string of the molecule is Cc1onc(Br)c1CO. The van der Waals surface area contributed by atoms with E-state index >= 15 is 0 Å². The van der Waals surface area contributed by atoms with Crippen LogP contribution in [-0.2, 0) is 6.61 Å². The third-order valence-corrected chi connectivity index (χ3v) is 1.72. The molecule has 0 fully saturated rings. The lowest BCUT2D eigenvalue weighted by Gasteiger charge is -1.86. The highest BCUT2D eigenvalue weighted by atomic mass is 79.9. The van der Waals surface area contributed by atoms with Gasteiger partial charge in [0.1, 0.15) is 5.76 Å². The zero-order valence-electron chi connectivity index (χ0n) is 4.89. The van der Waals surface area contributed by atoms with Crippen molar-refractivity contribution in [3.63, 3.8) is 0 Å². The van der Waals surface area contributed by atoms with E-state index in [-0.39, 0.29) is 6.61 Å². The van der Waals surface area contributed by atoms with Crippen LogP contribution >= 0.6 is 15.9 Å². The first-order valence-electron chi connectivity index (χ1n) is 2.47. The Morgan fingerprint density at radius 1 is 1.78 bits per heavy atom. The van der Waals surface area contributed by atoms with Crippen LogP contribution in [0, 0.1) is 6.92 Å². The van der Waals surface area contributed by atoms with Crippen molar-refractivity contribution in [1.29, 1.82) is 0 Å². The van der Waals surface area contributed by atoms with Crippen LogP contribution in [0.3, 0.4) is 0 Å². The Morgan fingerprint density at radius 3 is 2.67 bits per heavy atom. The van der Waals surface area contributed by atoms with E-state index in [2.05, 4.69) is 21.1 Å². The van der Waals surface area contributed by atoms with Gasteiger partial charge in [-0.2, -0.15) is 0 Å². The molecule has 50 valence electrons. The summed E-state index contributed by atoms with van der Waals surface area (Å²) < 4.78 is 5.31. The maximum absolute atomic E-state index is 8.66. The van der Waals surface area contributed by atoms with Crippen LogP contribution in [0.4, 0.5) is 0 Å². The number of hydrogen-bond acceptors (Lipinski definition) is 3. The quantitative estimate of drug-likeness (QED) is 0.727. The fourth-order valence-electron chi connectivity index (χ4n) is 0.541. The summed E-state index contributed by atoms with van der Waals surface area (Å²) in [6.45, 7) is 1.72. The fourth-order valence-corrected chi connectivity index (χ4v) is 1.02. The summed E-state index contributed by atoms with van der Waals surface area (Å²) in [5.74, 6) is 0.657. The van der Waals surface area contributed by atoms with Crippen LogP contribution in [-0.4, -0.2) is 10.3 Å². The lowest BCUT2D eigenvalue weighted by atomic mass is 10.3. The molecule has 0 saturated carbocycles. The van der Waals surface area contributed by atoms with Crippen molar-refractivity contribution in [1.82, 2.24) is 5.16 Å². The predicted molar refractivity (Wildman–Crippen MR) is 34.9 cm³/mol. The van der Waals surface area contributed by atoms with Gasteiger partial charge < -0.3 is 9.63 Å². The molecule has 1 aromatic rings. The number of aliphatic hydroxyl groups excluding tert-OH is 1. The van der Waals surface area contributed by atoms with E-state index in [1.54, 1.807) is 6.92 Å². The summed E-state index contributed by atoms with van der Waals surface area (Å²) in [6.07, 6.45) is 0. The van der Waals surface area contributed by atoms with Crippen LogP contribution < -0.4 is 0 Å². The number of hydrogen-bond donors (Lipinski definition) is 1. The fraction of sp³-hybridized carbons (Fsp3) is 0.400. The molecule has 0 unspecified atom stereocenters. The molecule has 1 heterocycles. The molecule has 0 atom stereocenters. The Labute approximate surface area is 60.8 Å². The zero-order valence-corrected chi connectivity index (χ0v) is 6.47. The number of nitrogens with zero attached hydrogens (tertiary/aromatic N) is 1. The summed E-state index contributed by atoms with van der Waals surface area (Å²) in [7, 11) is 0. The third-order valence-electron chi connectivity index (χ3n) is 1.09. The molecular weight excluding hydrogens is 186 g/mol.